The van der Waals surface area contributed by atoms with Crippen molar-refractivity contribution in [3.63, 3.8) is 0 Å². The summed E-state index contributed by atoms with van der Waals surface area (Å²) in [6, 6.07) is 49.1. The summed E-state index contributed by atoms with van der Waals surface area (Å²) in [6.07, 6.45) is 0. The van der Waals surface area contributed by atoms with Crippen LogP contribution in [0.25, 0.3) is 83.3 Å². The van der Waals surface area contributed by atoms with E-state index in [-0.39, 0.29) is 5.41 Å². The van der Waals surface area contributed by atoms with E-state index in [2.05, 4.69) is 128 Å². The molecule has 0 amide bonds. The van der Waals surface area contributed by atoms with Gasteiger partial charge in [-0.1, -0.05) is 123 Å². The van der Waals surface area contributed by atoms with Crippen LogP contribution in [0.3, 0.4) is 0 Å². The van der Waals surface area contributed by atoms with Gasteiger partial charge in [0.2, 0.25) is 0 Å². The first-order valence-electron chi connectivity index (χ1n) is 16.1. The summed E-state index contributed by atoms with van der Waals surface area (Å²) in [7, 11) is 0. The predicted octanol–water partition coefficient (Wildman–Crippen LogP) is 11.1. The molecule has 0 spiro atoms. The van der Waals surface area contributed by atoms with Gasteiger partial charge in [0.1, 0.15) is 17.0 Å². The zero-order valence-electron chi connectivity index (χ0n) is 26.0. The van der Waals surface area contributed by atoms with Gasteiger partial charge in [-0.05, 0) is 41.0 Å². The lowest BCUT2D eigenvalue weighted by molar-refractivity contribution is 0.653. The van der Waals surface area contributed by atoms with Gasteiger partial charge in [0, 0.05) is 49.7 Å². The number of nitrogens with zero attached hydrogens (tertiary/aromatic N) is 3. The molecule has 0 radical (unpaired) electrons. The topological polar surface area (TPSA) is 43.9 Å². The minimum absolute atomic E-state index is 0.219. The number of fused-ring (bicyclic) bond motifs is 10. The van der Waals surface area contributed by atoms with E-state index < -0.39 is 0 Å². The van der Waals surface area contributed by atoms with Crippen LogP contribution in [0.1, 0.15) is 25.0 Å². The Labute approximate surface area is 271 Å². The van der Waals surface area contributed by atoms with Gasteiger partial charge in [0.05, 0.1) is 16.7 Å². The molecule has 0 aliphatic heterocycles. The maximum Gasteiger partial charge on any atom is 0.162 e. The standard InChI is InChI=1S/C43H29N3O/c1-43(2)33-22-21-30-29-18-10-12-20-38(29)47-41(30)40(33)32-23-31-28-17-9-11-19-36(28)46(37(31)24-34(32)43)39-25-35(26-13-5-3-6-14-26)44-42(45-39)27-15-7-4-8-16-27/h3-25H,1-2H3. The van der Waals surface area contributed by atoms with E-state index in [9.17, 15) is 0 Å². The average molecular weight is 604 g/mol. The van der Waals surface area contributed by atoms with Crippen molar-refractivity contribution in [2.24, 2.45) is 0 Å². The lowest BCUT2D eigenvalue weighted by atomic mass is 9.82. The summed E-state index contributed by atoms with van der Waals surface area (Å²) in [6.45, 7) is 4.66. The third-order valence-corrected chi connectivity index (χ3v) is 10.0. The number of benzene rings is 6. The Morgan fingerprint density at radius 2 is 1.26 bits per heavy atom. The zero-order chi connectivity index (χ0) is 31.3. The van der Waals surface area contributed by atoms with Crippen LogP contribution in [0, 0.1) is 0 Å². The highest BCUT2D eigenvalue weighted by Crippen LogP contribution is 2.54. The molecule has 9 aromatic rings. The highest BCUT2D eigenvalue weighted by Gasteiger charge is 2.38. The van der Waals surface area contributed by atoms with Crippen LogP contribution in [0.2, 0.25) is 0 Å². The van der Waals surface area contributed by atoms with Crippen LogP contribution in [0.5, 0.6) is 0 Å². The fourth-order valence-corrected chi connectivity index (χ4v) is 7.73. The number of rotatable bonds is 3. The minimum Gasteiger partial charge on any atom is -0.455 e. The van der Waals surface area contributed by atoms with E-state index in [0.29, 0.717) is 5.82 Å². The zero-order valence-corrected chi connectivity index (χ0v) is 26.0. The molecular weight excluding hydrogens is 574 g/mol. The molecule has 4 nitrogen and oxygen atoms in total. The average Bonchev–Trinajstić information content (AvgIpc) is 3.73. The molecule has 47 heavy (non-hydrogen) atoms. The molecule has 1 aliphatic carbocycles. The maximum atomic E-state index is 6.61. The lowest BCUT2D eigenvalue weighted by Crippen LogP contribution is -2.15. The smallest absolute Gasteiger partial charge is 0.162 e. The Balaban J connectivity index is 1.29. The molecule has 222 valence electrons. The molecule has 0 unspecified atom stereocenters. The summed E-state index contributed by atoms with van der Waals surface area (Å²) in [5, 5.41) is 4.70. The molecule has 6 aromatic carbocycles. The fraction of sp³-hybridized carbons (Fsp3) is 0.0698. The van der Waals surface area contributed by atoms with Crippen molar-refractivity contribution < 1.29 is 4.42 Å². The molecule has 3 heterocycles. The van der Waals surface area contributed by atoms with Gasteiger partial charge in [-0.15, -0.1) is 0 Å². The largest absolute Gasteiger partial charge is 0.455 e. The highest BCUT2D eigenvalue weighted by atomic mass is 16.3. The molecule has 3 aromatic heterocycles. The van der Waals surface area contributed by atoms with Crippen LogP contribution in [-0.2, 0) is 5.41 Å². The molecule has 0 bridgehead atoms. The van der Waals surface area contributed by atoms with Gasteiger partial charge < -0.3 is 4.42 Å². The van der Waals surface area contributed by atoms with Gasteiger partial charge in [0.15, 0.2) is 5.82 Å². The summed E-state index contributed by atoms with van der Waals surface area (Å²) < 4.78 is 8.93. The molecule has 10 rings (SSSR count). The van der Waals surface area contributed by atoms with E-state index in [1.807, 2.05) is 30.3 Å². The van der Waals surface area contributed by atoms with Crippen LogP contribution in [0.15, 0.2) is 144 Å². The number of para-hydroxylation sites is 2. The fourth-order valence-electron chi connectivity index (χ4n) is 7.73. The first-order valence-corrected chi connectivity index (χ1v) is 16.1. The van der Waals surface area contributed by atoms with Crippen molar-refractivity contribution >= 4 is 43.7 Å². The second-order valence-electron chi connectivity index (χ2n) is 13.0. The number of hydrogen-bond acceptors (Lipinski definition) is 3. The third kappa shape index (κ3) is 3.70. The second-order valence-corrected chi connectivity index (χ2v) is 13.0. The molecule has 0 N–H and O–H groups in total. The van der Waals surface area contributed by atoms with Crippen molar-refractivity contribution in [3.8, 4) is 39.6 Å². The summed E-state index contributed by atoms with van der Waals surface area (Å²) in [4.78, 5) is 10.3. The second kappa shape index (κ2) is 9.51. The Hall–Kier alpha value is -6.00. The normalized spacial score (nSPS) is 13.5. The van der Waals surface area contributed by atoms with Crippen molar-refractivity contribution in [2.75, 3.05) is 0 Å². The first-order chi connectivity index (χ1) is 23.1. The molecule has 0 saturated carbocycles. The van der Waals surface area contributed by atoms with Crippen molar-refractivity contribution in [1.82, 2.24) is 14.5 Å². The SMILES string of the molecule is CC1(C)c2cc3c(cc2-c2c1ccc1c2oc2ccccc21)c1ccccc1n3-c1cc(-c2ccccc2)nc(-c2ccccc2)n1. The number of aromatic nitrogens is 3. The number of hydrogen-bond donors (Lipinski definition) is 0. The molecule has 0 atom stereocenters. The van der Waals surface area contributed by atoms with E-state index in [1.54, 1.807) is 0 Å². The molecular formula is C43H29N3O. The minimum atomic E-state index is -0.219. The van der Waals surface area contributed by atoms with Gasteiger partial charge in [0.25, 0.3) is 0 Å². The van der Waals surface area contributed by atoms with Gasteiger partial charge >= 0.3 is 0 Å². The van der Waals surface area contributed by atoms with Crippen LogP contribution >= 0.6 is 0 Å². The lowest BCUT2D eigenvalue weighted by Gasteiger charge is -2.21. The van der Waals surface area contributed by atoms with Crippen LogP contribution < -0.4 is 0 Å². The highest BCUT2D eigenvalue weighted by molar-refractivity contribution is 6.15. The summed E-state index contributed by atoms with van der Waals surface area (Å²) >= 11 is 0. The number of furan rings is 1. The van der Waals surface area contributed by atoms with Crippen molar-refractivity contribution in [2.45, 2.75) is 19.3 Å². The van der Waals surface area contributed by atoms with Gasteiger partial charge in [-0.3, -0.25) is 4.57 Å². The van der Waals surface area contributed by atoms with Crippen molar-refractivity contribution in [1.29, 1.82) is 0 Å². The van der Waals surface area contributed by atoms with E-state index in [0.717, 1.165) is 55.6 Å². The molecule has 0 fully saturated rings. The molecule has 4 heteroatoms. The molecule has 1 aliphatic rings. The molecule has 0 saturated heterocycles. The van der Waals surface area contributed by atoms with Crippen LogP contribution in [0.4, 0.5) is 0 Å². The van der Waals surface area contributed by atoms with E-state index >= 15 is 0 Å². The van der Waals surface area contributed by atoms with Crippen LogP contribution in [-0.4, -0.2) is 14.5 Å². The quantitative estimate of drug-likeness (QED) is 0.202. The monoisotopic (exact) mass is 603 g/mol. The first kappa shape index (κ1) is 26.2. The Morgan fingerprint density at radius 1 is 0.553 bits per heavy atom. The Kier molecular flexibility index (Phi) is 5.31. The van der Waals surface area contributed by atoms with E-state index in [1.165, 1.54) is 33.0 Å². The summed E-state index contributed by atoms with van der Waals surface area (Å²) in [5.74, 6) is 1.55. The third-order valence-electron chi connectivity index (χ3n) is 10.0. The summed E-state index contributed by atoms with van der Waals surface area (Å²) in [5.41, 5.74) is 11.9. The van der Waals surface area contributed by atoms with Gasteiger partial charge in [-0.2, -0.15) is 0 Å². The van der Waals surface area contributed by atoms with Crippen molar-refractivity contribution in [3.05, 3.63) is 151 Å². The van der Waals surface area contributed by atoms with E-state index in [4.69, 9.17) is 14.4 Å². The Bertz CT molecular complexity index is 2640. The van der Waals surface area contributed by atoms with Gasteiger partial charge in [-0.25, -0.2) is 9.97 Å². The predicted molar refractivity (Wildman–Crippen MR) is 192 cm³/mol. The Morgan fingerprint density at radius 3 is 2.06 bits per heavy atom. The maximum absolute atomic E-state index is 6.61.